The van der Waals surface area contributed by atoms with Crippen LogP contribution in [0.4, 0.5) is 4.39 Å². The van der Waals surface area contributed by atoms with E-state index in [1.165, 1.54) is 11.6 Å². The van der Waals surface area contributed by atoms with Gasteiger partial charge in [0.1, 0.15) is 28.4 Å². The maximum atomic E-state index is 14.9. The van der Waals surface area contributed by atoms with Crippen LogP contribution in [-0.2, 0) is 6.54 Å². The minimum atomic E-state index is -0.388. The fourth-order valence-corrected chi connectivity index (χ4v) is 5.04. The number of aromatic hydroxyl groups is 1. The first-order valence-electron chi connectivity index (χ1n) is 12.1. The van der Waals surface area contributed by atoms with Crippen LogP contribution in [0.2, 0.25) is 0 Å². The Hall–Kier alpha value is -3.52. The van der Waals surface area contributed by atoms with Crippen molar-refractivity contribution >= 4 is 10.9 Å². The Kier molecular flexibility index (Phi) is 6.38. The van der Waals surface area contributed by atoms with Crippen molar-refractivity contribution in [2.24, 2.45) is 0 Å². The van der Waals surface area contributed by atoms with Crippen molar-refractivity contribution in [3.05, 3.63) is 70.9 Å². The fourth-order valence-electron chi connectivity index (χ4n) is 5.04. The van der Waals surface area contributed by atoms with Gasteiger partial charge in [0.05, 0.1) is 18.0 Å². The monoisotopic (exact) mass is 475 g/mol. The lowest BCUT2D eigenvalue weighted by atomic mass is 9.89. The third-order valence-electron chi connectivity index (χ3n) is 6.83. The van der Waals surface area contributed by atoms with Crippen LogP contribution < -0.4 is 4.74 Å². The van der Waals surface area contributed by atoms with Crippen molar-refractivity contribution in [1.29, 1.82) is 0 Å². The molecule has 0 unspecified atom stereocenters. The predicted molar refractivity (Wildman–Crippen MR) is 133 cm³/mol. The fraction of sp³-hybridized carbons (Fsp3) is 0.370. The van der Waals surface area contributed by atoms with Gasteiger partial charge in [0.2, 0.25) is 0 Å². The Bertz CT molecular complexity index is 1360. The molecule has 8 heteroatoms. The van der Waals surface area contributed by atoms with Crippen LogP contribution in [0.3, 0.4) is 0 Å². The van der Waals surface area contributed by atoms with E-state index in [0.29, 0.717) is 36.3 Å². The number of piperidine rings is 1. The smallest absolute Gasteiger partial charge is 0.152 e. The molecule has 0 bridgehead atoms. The van der Waals surface area contributed by atoms with Crippen molar-refractivity contribution in [3.63, 3.8) is 0 Å². The van der Waals surface area contributed by atoms with Crippen LogP contribution in [0.15, 0.2) is 42.5 Å². The van der Waals surface area contributed by atoms with Gasteiger partial charge in [0.25, 0.3) is 0 Å². The van der Waals surface area contributed by atoms with Crippen LogP contribution in [0.5, 0.6) is 11.5 Å². The second-order valence-electron chi connectivity index (χ2n) is 9.14. The first kappa shape index (κ1) is 23.2. The van der Waals surface area contributed by atoms with E-state index in [1.807, 2.05) is 32.9 Å². The second-order valence-corrected chi connectivity index (χ2v) is 9.14. The molecule has 1 saturated heterocycles. The predicted octanol–water partition coefficient (Wildman–Crippen LogP) is 5.06. The molecular weight excluding hydrogens is 445 g/mol. The zero-order valence-electron chi connectivity index (χ0n) is 20.3. The normalized spacial score (nSPS) is 15.1. The highest BCUT2D eigenvalue weighted by Gasteiger charge is 2.24. The van der Waals surface area contributed by atoms with E-state index in [9.17, 15) is 9.50 Å². The summed E-state index contributed by atoms with van der Waals surface area (Å²) in [4.78, 5) is 2.36. The summed E-state index contributed by atoms with van der Waals surface area (Å²) in [7, 11) is 0. The van der Waals surface area contributed by atoms with Crippen LogP contribution in [-0.4, -0.2) is 49.7 Å². The number of phenols is 1. The summed E-state index contributed by atoms with van der Waals surface area (Å²) in [5.41, 5.74) is 4.74. The number of phenolic OH excluding ortho intramolecular Hbond substituents is 1. The molecule has 2 aromatic heterocycles. The van der Waals surface area contributed by atoms with Gasteiger partial charge < -0.3 is 9.84 Å². The van der Waals surface area contributed by atoms with Gasteiger partial charge in [-0.1, -0.05) is 12.1 Å². The van der Waals surface area contributed by atoms with Gasteiger partial charge in [-0.15, -0.1) is 0 Å². The molecule has 1 aliphatic heterocycles. The number of fused-ring (bicyclic) bond motifs is 1. The zero-order chi connectivity index (χ0) is 24.5. The zero-order valence-corrected chi connectivity index (χ0v) is 20.3. The minimum Gasteiger partial charge on any atom is -0.508 e. The van der Waals surface area contributed by atoms with E-state index in [0.717, 1.165) is 53.9 Å². The number of aromatic nitrogens is 4. The molecule has 0 atom stereocenters. The van der Waals surface area contributed by atoms with E-state index in [4.69, 9.17) is 9.84 Å². The number of nitrogens with zero attached hydrogens (tertiary/aromatic N) is 5. The molecule has 3 heterocycles. The molecular formula is C27H30FN5O2. The number of hydrogen-bond donors (Lipinski definition) is 1. The average Bonchev–Trinajstić information content (AvgIpc) is 3.19. The van der Waals surface area contributed by atoms with Crippen molar-refractivity contribution in [3.8, 4) is 17.2 Å². The Labute approximate surface area is 204 Å². The van der Waals surface area contributed by atoms with Gasteiger partial charge in [-0.2, -0.15) is 15.3 Å². The molecule has 35 heavy (non-hydrogen) atoms. The lowest BCUT2D eigenvalue weighted by Crippen LogP contribution is -2.33. The Morgan fingerprint density at radius 1 is 1.09 bits per heavy atom. The molecule has 1 N–H and O–H groups in total. The molecule has 1 fully saturated rings. The number of ether oxygens (including phenoxy) is 1. The SMILES string of the molecule is CCOc1ccc(-n2nc3c(CN4CCC(c5cccc(O)c5)CC4)nnc(C)c3c2C)c(F)c1. The summed E-state index contributed by atoms with van der Waals surface area (Å²) in [6, 6.07) is 12.4. The molecule has 4 aromatic rings. The molecule has 0 radical (unpaired) electrons. The molecule has 182 valence electrons. The average molecular weight is 476 g/mol. The molecule has 0 aliphatic carbocycles. The molecule has 0 amide bonds. The van der Waals surface area contributed by atoms with Crippen molar-refractivity contribution in [2.45, 2.75) is 46.1 Å². The number of rotatable bonds is 6. The van der Waals surface area contributed by atoms with Crippen molar-refractivity contribution in [2.75, 3.05) is 19.7 Å². The van der Waals surface area contributed by atoms with E-state index in [1.54, 1.807) is 22.9 Å². The maximum absolute atomic E-state index is 14.9. The summed E-state index contributed by atoms with van der Waals surface area (Å²) in [5.74, 6) is 0.863. The molecule has 0 spiro atoms. The van der Waals surface area contributed by atoms with E-state index in [2.05, 4.69) is 21.2 Å². The first-order chi connectivity index (χ1) is 16.9. The van der Waals surface area contributed by atoms with Crippen molar-refractivity contribution in [1.82, 2.24) is 24.9 Å². The molecule has 2 aromatic carbocycles. The number of hydrogen-bond acceptors (Lipinski definition) is 6. The van der Waals surface area contributed by atoms with Crippen LogP contribution in [0.25, 0.3) is 16.6 Å². The largest absolute Gasteiger partial charge is 0.508 e. The quantitative estimate of drug-likeness (QED) is 0.420. The Morgan fingerprint density at radius 2 is 1.89 bits per heavy atom. The van der Waals surface area contributed by atoms with Gasteiger partial charge in [0.15, 0.2) is 5.82 Å². The second kappa shape index (κ2) is 9.62. The lowest BCUT2D eigenvalue weighted by molar-refractivity contribution is 0.202. The maximum Gasteiger partial charge on any atom is 0.152 e. The highest BCUT2D eigenvalue weighted by atomic mass is 19.1. The third-order valence-corrected chi connectivity index (χ3v) is 6.83. The summed E-state index contributed by atoms with van der Waals surface area (Å²) in [5, 5.41) is 24.4. The van der Waals surface area contributed by atoms with E-state index >= 15 is 0 Å². The molecule has 1 aliphatic rings. The van der Waals surface area contributed by atoms with Gasteiger partial charge >= 0.3 is 0 Å². The Balaban J connectivity index is 1.40. The lowest BCUT2D eigenvalue weighted by Gasteiger charge is -2.31. The molecule has 5 rings (SSSR count). The number of benzene rings is 2. The summed E-state index contributed by atoms with van der Waals surface area (Å²) >= 11 is 0. The molecule has 0 saturated carbocycles. The van der Waals surface area contributed by atoms with E-state index in [-0.39, 0.29) is 5.82 Å². The van der Waals surface area contributed by atoms with Crippen LogP contribution >= 0.6 is 0 Å². The number of aryl methyl sites for hydroxylation is 2. The number of likely N-dealkylation sites (tertiary alicyclic amines) is 1. The highest BCUT2D eigenvalue weighted by molar-refractivity contribution is 5.85. The van der Waals surface area contributed by atoms with Crippen LogP contribution in [0.1, 0.15) is 48.3 Å². The summed E-state index contributed by atoms with van der Waals surface area (Å²) in [6.07, 6.45) is 2.02. The third kappa shape index (κ3) is 4.58. The van der Waals surface area contributed by atoms with Gasteiger partial charge in [0, 0.05) is 18.0 Å². The van der Waals surface area contributed by atoms with Gasteiger partial charge in [-0.3, -0.25) is 4.90 Å². The number of halogens is 1. The topological polar surface area (TPSA) is 76.3 Å². The highest BCUT2D eigenvalue weighted by Crippen LogP contribution is 2.32. The van der Waals surface area contributed by atoms with Gasteiger partial charge in [-0.25, -0.2) is 9.07 Å². The minimum absolute atomic E-state index is 0.317. The first-order valence-corrected chi connectivity index (χ1v) is 12.1. The van der Waals surface area contributed by atoms with Gasteiger partial charge in [-0.05, 0) is 82.4 Å². The summed E-state index contributed by atoms with van der Waals surface area (Å²) < 4.78 is 22.0. The molecule has 7 nitrogen and oxygen atoms in total. The van der Waals surface area contributed by atoms with Crippen molar-refractivity contribution < 1.29 is 14.2 Å². The standard InChI is InChI=1S/C27H30FN5O2/c1-4-35-22-8-9-25(23(28)15-22)33-18(3)26-17(2)29-30-24(27(26)31-33)16-32-12-10-19(11-13-32)20-6-5-7-21(34)14-20/h5-9,14-15,19,34H,4,10-13,16H2,1-3H3. The summed E-state index contributed by atoms with van der Waals surface area (Å²) in [6.45, 7) is 8.68. The van der Waals surface area contributed by atoms with Crippen LogP contribution in [0, 0.1) is 19.7 Å². The van der Waals surface area contributed by atoms with E-state index < -0.39 is 0 Å². The Morgan fingerprint density at radius 3 is 2.60 bits per heavy atom.